The number of hydrogen-bond donors (Lipinski definition) is 3. The zero-order valence-corrected chi connectivity index (χ0v) is 17.0. The van der Waals surface area contributed by atoms with Gasteiger partial charge in [-0.2, -0.15) is 0 Å². The summed E-state index contributed by atoms with van der Waals surface area (Å²) in [5, 5.41) is 11.9. The van der Waals surface area contributed by atoms with Crippen LogP contribution in [0.3, 0.4) is 0 Å². The van der Waals surface area contributed by atoms with Crippen molar-refractivity contribution in [3.8, 4) is 0 Å². The molecule has 1 aromatic rings. The maximum atomic E-state index is 11.0. The third kappa shape index (κ3) is 7.62. The lowest BCUT2D eigenvalue weighted by atomic mass is 10.0. The van der Waals surface area contributed by atoms with Crippen molar-refractivity contribution in [3.05, 3.63) is 24.2 Å². The van der Waals surface area contributed by atoms with E-state index < -0.39 is 5.91 Å². The van der Waals surface area contributed by atoms with Gasteiger partial charge in [-0.15, -0.1) is 24.8 Å². The van der Waals surface area contributed by atoms with Crippen LogP contribution in [0.25, 0.3) is 6.08 Å². The monoisotopic (exact) mass is 417 g/mol. The highest BCUT2D eigenvalue weighted by molar-refractivity contribution is 5.90. The molecule has 1 aromatic heterocycles. The van der Waals surface area contributed by atoms with Gasteiger partial charge in [-0.05, 0) is 44.2 Å². The van der Waals surface area contributed by atoms with Crippen molar-refractivity contribution in [3.63, 3.8) is 0 Å². The number of amides is 1. The number of aromatic nitrogens is 2. The molecule has 7 nitrogen and oxygen atoms in total. The molecule has 0 radical (unpaired) electrons. The number of nitrogens with one attached hydrogen (secondary N) is 2. The molecular weight excluding hydrogens is 389 g/mol. The zero-order valence-electron chi connectivity index (χ0n) is 15.3. The molecule has 1 unspecified atom stereocenters. The lowest BCUT2D eigenvalue weighted by Gasteiger charge is -2.34. The summed E-state index contributed by atoms with van der Waals surface area (Å²) < 4.78 is 0. The first-order valence-electron chi connectivity index (χ1n) is 9.16. The number of hydrogen-bond acceptors (Lipinski definition) is 6. The molecule has 9 heteroatoms. The van der Waals surface area contributed by atoms with Gasteiger partial charge in [0.1, 0.15) is 5.82 Å². The fourth-order valence-corrected chi connectivity index (χ4v) is 3.80. The Labute approximate surface area is 172 Å². The molecule has 1 amide bonds. The van der Waals surface area contributed by atoms with Gasteiger partial charge in [0.15, 0.2) is 0 Å². The fraction of sp³-hybridized carbons (Fsp3) is 0.611. The number of rotatable bonds is 6. The van der Waals surface area contributed by atoms with Crippen molar-refractivity contribution in [2.24, 2.45) is 5.92 Å². The Morgan fingerprint density at radius 3 is 2.63 bits per heavy atom. The van der Waals surface area contributed by atoms with Crippen LogP contribution in [-0.2, 0) is 4.79 Å². The molecule has 152 valence electrons. The molecule has 1 aliphatic carbocycles. The molecular formula is C18H29Cl2N5O2. The molecule has 2 aliphatic rings. The van der Waals surface area contributed by atoms with Crippen LogP contribution in [0.2, 0.25) is 0 Å². The van der Waals surface area contributed by atoms with Crippen LogP contribution >= 0.6 is 24.8 Å². The Hall–Kier alpha value is -1.41. The summed E-state index contributed by atoms with van der Waals surface area (Å²) in [4.78, 5) is 22.2. The van der Waals surface area contributed by atoms with Gasteiger partial charge in [-0.3, -0.25) is 15.0 Å². The average molecular weight is 418 g/mol. The average Bonchev–Trinajstić information content (AvgIpc) is 3.14. The third-order valence-electron chi connectivity index (χ3n) is 5.04. The van der Waals surface area contributed by atoms with E-state index in [-0.39, 0.29) is 24.8 Å². The van der Waals surface area contributed by atoms with E-state index >= 15 is 0 Å². The van der Waals surface area contributed by atoms with E-state index in [4.69, 9.17) is 5.21 Å². The highest BCUT2D eigenvalue weighted by Crippen LogP contribution is 2.26. The highest BCUT2D eigenvalue weighted by atomic mass is 35.5. The molecule has 0 aromatic carbocycles. The second kappa shape index (κ2) is 12.1. The second-order valence-electron chi connectivity index (χ2n) is 7.03. The number of carbonyl (C=O) groups excluding carboxylic acids is 1. The smallest absolute Gasteiger partial charge is 0.267 e. The largest absolute Gasteiger partial charge is 0.365 e. The number of halogens is 2. The molecule has 27 heavy (non-hydrogen) atoms. The number of hydroxylamine groups is 1. The maximum absolute atomic E-state index is 11.0. The summed E-state index contributed by atoms with van der Waals surface area (Å²) >= 11 is 0. The summed E-state index contributed by atoms with van der Waals surface area (Å²) in [7, 11) is 0. The van der Waals surface area contributed by atoms with Crippen LogP contribution in [0, 0.1) is 5.92 Å². The standard InChI is InChI=1S/C18H27N5O2.2ClH/c24-18(22-25)8-7-15-10-20-17(11-19-15)21-16-6-3-9-23(13-16)12-14-4-1-2-5-14;;/h7-8,10-11,14,16,25H,1-6,9,12-13H2,(H,20,21)(H,22,24);2*1H/b8-7+;;. The molecule has 0 bridgehead atoms. The molecule has 1 saturated carbocycles. The topological polar surface area (TPSA) is 90.4 Å². The second-order valence-corrected chi connectivity index (χ2v) is 7.03. The Balaban J connectivity index is 0.00000182. The number of carbonyl (C=O) groups is 1. The van der Waals surface area contributed by atoms with E-state index in [0.717, 1.165) is 24.7 Å². The summed E-state index contributed by atoms with van der Waals surface area (Å²) in [6, 6.07) is 0.408. The van der Waals surface area contributed by atoms with Crippen LogP contribution in [0.15, 0.2) is 18.5 Å². The van der Waals surface area contributed by atoms with E-state index in [1.165, 1.54) is 62.8 Å². The van der Waals surface area contributed by atoms with E-state index in [1.54, 1.807) is 12.4 Å². The Morgan fingerprint density at radius 2 is 1.96 bits per heavy atom. The Morgan fingerprint density at radius 1 is 1.19 bits per heavy atom. The van der Waals surface area contributed by atoms with Crippen LogP contribution in [0.5, 0.6) is 0 Å². The van der Waals surface area contributed by atoms with Crippen molar-refractivity contribution < 1.29 is 10.0 Å². The fourth-order valence-electron chi connectivity index (χ4n) is 3.80. The minimum absolute atomic E-state index is 0. The minimum atomic E-state index is -0.589. The van der Waals surface area contributed by atoms with Gasteiger partial charge >= 0.3 is 0 Å². The number of likely N-dealkylation sites (tertiary alicyclic amines) is 1. The summed E-state index contributed by atoms with van der Waals surface area (Å²) in [6.07, 6.45) is 14.0. The summed E-state index contributed by atoms with van der Waals surface area (Å²) in [5.41, 5.74) is 2.11. The quantitative estimate of drug-likeness (QED) is 0.374. The first-order chi connectivity index (χ1) is 12.2. The molecule has 1 saturated heterocycles. The van der Waals surface area contributed by atoms with Crippen molar-refractivity contribution >= 4 is 42.6 Å². The summed E-state index contributed by atoms with van der Waals surface area (Å²) in [6.45, 7) is 3.51. The van der Waals surface area contributed by atoms with Gasteiger partial charge in [0, 0.05) is 25.2 Å². The van der Waals surface area contributed by atoms with Crippen molar-refractivity contribution in [1.29, 1.82) is 0 Å². The van der Waals surface area contributed by atoms with Crippen molar-refractivity contribution in [2.75, 3.05) is 25.0 Å². The van der Waals surface area contributed by atoms with Gasteiger partial charge < -0.3 is 10.2 Å². The van der Waals surface area contributed by atoms with Crippen LogP contribution in [0.1, 0.15) is 44.2 Å². The van der Waals surface area contributed by atoms with Crippen LogP contribution < -0.4 is 10.8 Å². The zero-order chi connectivity index (χ0) is 17.5. The van der Waals surface area contributed by atoms with E-state index in [2.05, 4.69) is 20.2 Å². The number of piperidine rings is 1. The Kier molecular flexibility index (Phi) is 10.6. The number of anilines is 1. The SMILES string of the molecule is Cl.Cl.O=C(/C=C/c1cnc(NC2CCCN(CC3CCCC3)C2)cn1)NO. The molecule has 0 spiro atoms. The lowest BCUT2D eigenvalue weighted by Crippen LogP contribution is -2.43. The maximum Gasteiger partial charge on any atom is 0.267 e. The van der Waals surface area contributed by atoms with Gasteiger partial charge in [0.2, 0.25) is 0 Å². The molecule has 3 rings (SSSR count). The van der Waals surface area contributed by atoms with E-state index in [0.29, 0.717) is 11.7 Å². The molecule has 3 N–H and O–H groups in total. The minimum Gasteiger partial charge on any atom is -0.365 e. The van der Waals surface area contributed by atoms with Crippen LogP contribution in [-0.4, -0.2) is 51.7 Å². The summed E-state index contributed by atoms with van der Waals surface area (Å²) in [5.74, 6) is 1.06. The Bertz CT molecular complexity index is 594. The predicted molar refractivity (Wildman–Crippen MR) is 111 cm³/mol. The van der Waals surface area contributed by atoms with Gasteiger partial charge in [-0.25, -0.2) is 10.5 Å². The third-order valence-corrected chi connectivity index (χ3v) is 5.04. The molecule has 2 heterocycles. The van der Waals surface area contributed by atoms with E-state index in [9.17, 15) is 4.79 Å². The molecule has 2 fully saturated rings. The van der Waals surface area contributed by atoms with E-state index in [1.807, 2.05) is 0 Å². The first-order valence-corrected chi connectivity index (χ1v) is 9.16. The van der Waals surface area contributed by atoms with Gasteiger partial charge in [0.25, 0.3) is 5.91 Å². The van der Waals surface area contributed by atoms with Gasteiger partial charge in [-0.1, -0.05) is 12.8 Å². The lowest BCUT2D eigenvalue weighted by molar-refractivity contribution is -0.124. The predicted octanol–water partition coefficient (Wildman–Crippen LogP) is 2.91. The van der Waals surface area contributed by atoms with Gasteiger partial charge in [0.05, 0.1) is 18.1 Å². The molecule has 1 atom stereocenters. The van der Waals surface area contributed by atoms with Crippen LogP contribution in [0.4, 0.5) is 5.82 Å². The normalized spacial score (nSPS) is 20.7. The van der Waals surface area contributed by atoms with Crippen molar-refractivity contribution in [2.45, 2.75) is 44.6 Å². The molecule has 1 aliphatic heterocycles. The number of nitrogens with zero attached hydrogens (tertiary/aromatic N) is 3. The highest BCUT2D eigenvalue weighted by Gasteiger charge is 2.24. The first kappa shape index (κ1) is 23.6. The van der Waals surface area contributed by atoms with Crippen molar-refractivity contribution in [1.82, 2.24) is 20.3 Å².